The predicted octanol–water partition coefficient (Wildman–Crippen LogP) is 4.47. The number of hydrogen-bond acceptors (Lipinski definition) is 2. The standard InChI is InChI=1S/C17H20BrNO/c1-4-19-17(13-7-5-8-14(11-13)20-3)15-9-6-10-16(18)12(15)2/h5-11,17,19H,4H2,1-3H3. The van der Waals surface area contributed by atoms with E-state index >= 15 is 0 Å². The summed E-state index contributed by atoms with van der Waals surface area (Å²) in [5, 5.41) is 3.56. The van der Waals surface area contributed by atoms with Crippen LogP contribution in [0.15, 0.2) is 46.9 Å². The van der Waals surface area contributed by atoms with E-state index in [1.807, 2.05) is 12.1 Å². The average molecular weight is 334 g/mol. The van der Waals surface area contributed by atoms with Crippen LogP contribution in [0.5, 0.6) is 5.75 Å². The molecule has 106 valence electrons. The van der Waals surface area contributed by atoms with Crippen LogP contribution in [-0.2, 0) is 0 Å². The Labute approximate surface area is 129 Å². The molecule has 0 spiro atoms. The molecule has 0 aliphatic rings. The van der Waals surface area contributed by atoms with E-state index in [4.69, 9.17) is 4.74 Å². The van der Waals surface area contributed by atoms with Crippen molar-refractivity contribution >= 4 is 15.9 Å². The fourth-order valence-electron chi connectivity index (χ4n) is 2.37. The monoisotopic (exact) mass is 333 g/mol. The van der Waals surface area contributed by atoms with Crippen molar-refractivity contribution in [3.63, 3.8) is 0 Å². The van der Waals surface area contributed by atoms with Crippen LogP contribution in [0.1, 0.15) is 29.7 Å². The molecule has 0 heterocycles. The third-order valence-corrected chi connectivity index (χ3v) is 4.32. The van der Waals surface area contributed by atoms with Crippen LogP contribution >= 0.6 is 15.9 Å². The normalized spacial score (nSPS) is 12.2. The van der Waals surface area contributed by atoms with Crippen LogP contribution in [-0.4, -0.2) is 13.7 Å². The highest BCUT2D eigenvalue weighted by Crippen LogP contribution is 2.30. The predicted molar refractivity (Wildman–Crippen MR) is 87.4 cm³/mol. The molecule has 0 radical (unpaired) electrons. The Morgan fingerprint density at radius 2 is 1.95 bits per heavy atom. The lowest BCUT2D eigenvalue weighted by atomic mass is 9.95. The summed E-state index contributed by atoms with van der Waals surface area (Å²) in [4.78, 5) is 0. The molecule has 0 bridgehead atoms. The van der Waals surface area contributed by atoms with Crippen molar-refractivity contribution < 1.29 is 4.74 Å². The van der Waals surface area contributed by atoms with E-state index in [0.717, 1.165) is 16.8 Å². The van der Waals surface area contributed by atoms with Gasteiger partial charge in [0.15, 0.2) is 0 Å². The minimum Gasteiger partial charge on any atom is -0.497 e. The third-order valence-electron chi connectivity index (χ3n) is 3.46. The quantitative estimate of drug-likeness (QED) is 0.871. The molecular weight excluding hydrogens is 314 g/mol. The summed E-state index contributed by atoms with van der Waals surface area (Å²) >= 11 is 3.61. The molecule has 2 aromatic carbocycles. The van der Waals surface area contributed by atoms with E-state index in [0.29, 0.717) is 0 Å². The molecule has 0 aliphatic carbocycles. The molecule has 3 heteroatoms. The molecule has 2 aromatic rings. The summed E-state index contributed by atoms with van der Waals surface area (Å²) in [6, 6.07) is 14.7. The molecule has 0 aromatic heterocycles. The van der Waals surface area contributed by atoms with Crippen LogP contribution in [0.4, 0.5) is 0 Å². The third kappa shape index (κ3) is 3.22. The van der Waals surface area contributed by atoms with Crippen LogP contribution < -0.4 is 10.1 Å². The Balaban J connectivity index is 2.47. The molecule has 2 rings (SSSR count). The van der Waals surface area contributed by atoms with Gasteiger partial charge in [-0.05, 0) is 48.4 Å². The molecule has 0 saturated heterocycles. The van der Waals surface area contributed by atoms with Gasteiger partial charge in [-0.2, -0.15) is 0 Å². The van der Waals surface area contributed by atoms with E-state index in [1.165, 1.54) is 16.7 Å². The number of nitrogens with one attached hydrogen (secondary N) is 1. The fourth-order valence-corrected chi connectivity index (χ4v) is 2.75. The molecular formula is C17H20BrNO. The van der Waals surface area contributed by atoms with E-state index < -0.39 is 0 Å². The minimum absolute atomic E-state index is 0.174. The second-order valence-electron chi connectivity index (χ2n) is 4.72. The molecule has 0 aliphatic heterocycles. The number of rotatable bonds is 5. The SMILES string of the molecule is CCNC(c1cccc(OC)c1)c1cccc(Br)c1C. The van der Waals surface area contributed by atoms with Crippen LogP contribution in [0.3, 0.4) is 0 Å². The first-order chi connectivity index (χ1) is 9.67. The molecule has 0 saturated carbocycles. The zero-order valence-electron chi connectivity index (χ0n) is 12.1. The summed E-state index contributed by atoms with van der Waals surface area (Å²) in [7, 11) is 1.70. The van der Waals surface area contributed by atoms with Gasteiger partial charge in [-0.1, -0.05) is 47.1 Å². The molecule has 20 heavy (non-hydrogen) atoms. The summed E-state index contributed by atoms with van der Waals surface area (Å²) in [6.45, 7) is 5.18. The first-order valence-electron chi connectivity index (χ1n) is 6.79. The number of ether oxygens (including phenoxy) is 1. The van der Waals surface area contributed by atoms with Crippen molar-refractivity contribution in [2.45, 2.75) is 19.9 Å². The summed E-state index contributed by atoms with van der Waals surface area (Å²) in [5.74, 6) is 0.887. The van der Waals surface area contributed by atoms with Gasteiger partial charge in [-0.25, -0.2) is 0 Å². The van der Waals surface area contributed by atoms with E-state index in [2.05, 4.69) is 65.4 Å². The molecule has 1 N–H and O–H groups in total. The van der Waals surface area contributed by atoms with Crippen molar-refractivity contribution in [1.82, 2.24) is 5.32 Å². The second kappa shape index (κ2) is 6.91. The van der Waals surface area contributed by atoms with Crippen molar-refractivity contribution in [3.05, 3.63) is 63.6 Å². The van der Waals surface area contributed by atoms with Gasteiger partial charge < -0.3 is 10.1 Å². The summed E-state index contributed by atoms with van der Waals surface area (Å²) in [6.07, 6.45) is 0. The first-order valence-corrected chi connectivity index (χ1v) is 7.59. The van der Waals surface area contributed by atoms with E-state index in [-0.39, 0.29) is 6.04 Å². The lowest BCUT2D eigenvalue weighted by Crippen LogP contribution is -2.22. The van der Waals surface area contributed by atoms with Crippen molar-refractivity contribution in [3.8, 4) is 5.75 Å². The zero-order chi connectivity index (χ0) is 14.5. The van der Waals surface area contributed by atoms with Gasteiger partial charge >= 0.3 is 0 Å². The lowest BCUT2D eigenvalue weighted by molar-refractivity contribution is 0.413. The van der Waals surface area contributed by atoms with Gasteiger partial charge in [0.25, 0.3) is 0 Å². The van der Waals surface area contributed by atoms with Gasteiger partial charge in [0.05, 0.1) is 13.2 Å². The van der Waals surface area contributed by atoms with Gasteiger partial charge in [0.2, 0.25) is 0 Å². The molecule has 2 nitrogen and oxygen atoms in total. The van der Waals surface area contributed by atoms with Crippen LogP contribution in [0.2, 0.25) is 0 Å². The summed E-state index contributed by atoms with van der Waals surface area (Å²) in [5.41, 5.74) is 3.77. The lowest BCUT2D eigenvalue weighted by Gasteiger charge is -2.22. The average Bonchev–Trinajstić information content (AvgIpc) is 2.48. The maximum atomic E-state index is 5.34. The number of benzene rings is 2. The zero-order valence-corrected chi connectivity index (χ0v) is 13.7. The Morgan fingerprint density at radius 3 is 2.65 bits per heavy atom. The highest BCUT2D eigenvalue weighted by atomic mass is 79.9. The highest BCUT2D eigenvalue weighted by Gasteiger charge is 2.16. The molecule has 1 unspecified atom stereocenters. The number of methoxy groups -OCH3 is 1. The number of hydrogen-bond donors (Lipinski definition) is 1. The second-order valence-corrected chi connectivity index (χ2v) is 5.58. The molecule has 0 fully saturated rings. The van der Waals surface area contributed by atoms with Crippen LogP contribution in [0, 0.1) is 6.92 Å². The van der Waals surface area contributed by atoms with Gasteiger partial charge in [-0.3, -0.25) is 0 Å². The fraction of sp³-hybridized carbons (Fsp3) is 0.294. The van der Waals surface area contributed by atoms with E-state index in [9.17, 15) is 0 Å². The molecule has 0 amide bonds. The maximum absolute atomic E-state index is 5.34. The van der Waals surface area contributed by atoms with Gasteiger partial charge in [-0.15, -0.1) is 0 Å². The Morgan fingerprint density at radius 1 is 1.20 bits per heavy atom. The largest absolute Gasteiger partial charge is 0.497 e. The topological polar surface area (TPSA) is 21.3 Å². The smallest absolute Gasteiger partial charge is 0.119 e. The van der Waals surface area contributed by atoms with E-state index in [1.54, 1.807) is 7.11 Å². The van der Waals surface area contributed by atoms with Crippen molar-refractivity contribution in [1.29, 1.82) is 0 Å². The maximum Gasteiger partial charge on any atom is 0.119 e. The number of halogens is 1. The van der Waals surface area contributed by atoms with Gasteiger partial charge in [0, 0.05) is 4.47 Å². The Bertz CT molecular complexity index is 583. The molecule has 1 atom stereocenters. The first kappa shape index (κ1) is 15.1. The van der Waals surface area contributed by atoms with Crippen molar-refractivity contribution in [2.75, 3.05) is 13.7 Å². The highest BCUT2D eigenvalue weighted by molar-refractivity contribution is 9.10. The van der Waals surface area contributed by atoms with Gasteiger partial charge in [0.1, 0.15) is 5.75 Å². The van der Waals surface area contributed by atoms with Crippen molar-refractivity contribution in [2.24, 2.45) is 0 Å². The Kier molecular flexibility index (Phi) is 5.21. The van der Waals surface area contributed by atoms with Crippen LogP contribution in [0.25, 0.3) is 0 Å². The summed E-state index contributed by atoms with van der Waals surface area (Å²) < 4.78 is 6.48. The minimum atomic E-state index is 0.174. The Hall–Kier alpha value is -1.32.